The van der Waals surface area contributed by atoms with Gasteiger partial charge in [0.2, 0.25) is 0 Å². The molecule has 0 fully saturated rings. The fraction of sp³-hybridized carbons (Fsp3) is 0.0952. The first-order valence-corrected chi connectivity index (χ1v) is 17.7. The molecule has 0 atom stereocenters. The van der Waals surface area contributed by atoms with Crippen molar-refractivity contribution in [2.24, 2.45) is 20.0 Å². The summed E-state index contributed by atoms with van der Waals surface area (Å²) in [6.07, 6.45) is 0. The van der Waals surface area contributed by atoms with E-state index in [0.717, 1.165) is 68.4 Å². The van der Waals surface area contributed by atoms with Crippen molar-refractivity contribution in [3.05, 3.63) is 176 Å². The monoisotopic (exact) mass is 762 g/mol. The molecule has 0 spiro atoms. The number of nitrogens with zero attached hydrogens (tertiary/aromatic N) is 6. The molecule has 0 bridgehead atoms. The van der Waals surface area contributed by atoms with Gasteiger partial charge in [0.25, 0.3) is 0 Å². The maximum atomic E-state index is 5.91. The third-order valence-corrected chi connectivity index (χ3v) is 8.48. The second kappa shape index (κ2) is 18.5. The van der Waals surface area contributed by atoms with Crippen molar-refractivity contribution in [3.63, 3.8) is 0 Å². The smallest absolute Gasteiger partial charge is 0.0849 e. The zero-order valence-corrected chi connectivity index (χ0v) is 31.9. The van der Waals surface area contributed by atoms with Crippen LogP contribution in [0.2, 0.25) is 20.1 Å². The molecule has 260 valence electrons. The van der Waals surface area contributed by atoms with Crippen LogP contribution in [0.1, 0.15) is 50.5 Å². The summed E-state index contributed by atoms with van der Waals surface area (Å²) in [7, 11) is 0. The summed E-state index contributed by atoms with van der Waals surface area (Å²) in [6, 6.07) is 41.3. The normalized spacial score (nSPS) is 12.3. The second-order valence-corrected chi connectivity index (χ2v) is 13.3. The third kappa shape index (κ3) is 11.5. The highest BCUT2D eigenvalue weighted by molar-refractivity contribution is 6.31. The van der Waals surface area contributed by atoms with Gasteiger partial charge in [-0.2, -0.15) is 0 Å². The number of hydrogen-bond donors (Lipinski definition) is 0. The molecule has 2 heterocycles. The molecule has 0 saturated carbocycles. The van der Waals surface area contributed by atoms with E-state index in [-0.39, 0.29) is 0 Å². The first kappa shape index (κ1) is 38.3. The molecule has 10 heteroatoms. The van der Waals surface area contributed by atoms with Crippen LogP contribution in [-0.4, -0.2) is 32.8 Å². The molecule has 0 N–H and O–H groups in total. The lowest BCUT2D eigenvalue weighted by atomic mass is 10.2. The average Bonchev–Trinajstić information content (AvgIpc) is 3.15. The summed E-state index contributed by atoms with van der Waals surface area (Å²) >= 11 is 23.7. The van der Waals surface area contributed by atoms with Gasteiger partial charge in [0.05, 0.1) is 68.4 Å². The Hall–Kier alpha value is -4.98. The van der Waals surface area contributed by atoms with Crippen LogP contribution in [0.15, 0.2) is 153 Å². The van der Waals surface area contributed by atoms with E-state index < -0.39 is 0 Å². The SMILES string of the molecule is CC(=Nc1ccc(Cl)cc1)c1cccc(C(C)=Nc2ccc(Cl)cc2)n1.CC(=Nc1ccc(Cl)cc1)c1cccc(C(C)=Nc2ccc(Cl)cc2)n1. The fourth-order valence-corrected chi connectivity index (χ4v) is 5.25. The standard InChI is InChI=1S/2C21H17Cl2N3/c2*1-14(24-18-10-6-16(22)7-11-18)20-4-3-5-21(26-20)15(2)25-19-12-8-17(23)9-13-19/h2*3-13H,1-2H3. The van der Waals surface area contributed by atoms with E-state index in [1.54, 1.807) is 0 Å². The molecular weight excluding hydrogens is 730 g/mol. The van der Waals surface area contributed by atoms with Crippen molar-refractivity contribution < 1.29 is 0 Å². The summed E-state index contributed by atoms with van der Waals surface area (Å²) < 4.78 is 0. The van der Waals surface area contributed by atoms with E-state index in [4.69, 9.17) is 46.4 Å². The Kier molecular flexibility index (Phi) is 13.6. The van der Waals surface area contributed by atoms with Crippen molar-refractivity contribution in [3.8, 4) is 0 Å². The zero-order valence-electron chi connectivity index (χ0n) is 28.9. The molecule has 6 aromatic rings. The Morgan fingerprint density at radius 3 is 0.712 bits per heavy atom. The van der Waals surface area contributed by atoms with Gasteiger partial charge in [-0.05, 0) is 149 Å². The molecule has 0 aliphatic carbocycles. The van der Waals surface area contributed by atoms with Gasteiger partial charge in [-0.15, -0.1) is 0 Å². The number of halogens is 4. The highest BCUT2D eigenvalue weighted by atomic mass is 35.5. The summed E-state index contributed by atoms with van der Waals surface area (Å²) in [4.78, 5) is 27.8. The highest BCUT2D eigenvalue weighted by Gasteiger charge is 2.07. The summed E-state index contributed by atoms with van der Waals surface area (Å²) in [5, 5.41) is 2.76. The Labute approximate surface area is 324 Å². The summed E-state index contributed by atoms with van der Waals surface area (Å²) in [5.74, 6) is 0. The van der Waals surface area contributed by atoms with Gasteiger partial charge < -0.3 is 0 Å². The largest absolute Gasteiger partial charge is 0.252 e. The van der Waals surface area contributed by atoms with Crippen LogP contribution in [0.5, 0.6) is 0 Å². The first-order chi connectivity index (χ1) is 25.0. The first-order valence-electron chi connectivity index (χ1n) is 16.2. The molecule has 0 saturated heterocycles. The van der Waals surface area contributed by atoms with Gasteiger partial charge in [-0.25, -0.2) is 9.97 Å². The van der Waals surface area contributed by atoms with Crippen LogP contribution in [0, 0.1) is 0 Å². The Bertz CT molecular complexity index is 1930. The predicted molar refractivity (Wildman–Crippen MR) is 222 cm³/mol. The third-order valence-electron chi connectivity index (χ3n) is 7.47. The molecule has 0 radical (unpaired) electrons. The van der Waals surface area contributed by atoms with Gasteiger partial charge in [-0.3, -0.25) is 20.0 Å². The van der Waals surface area contributed by atoms with Crippen molar-refractivity contribution >= 4 is 92.0 Å². The molecule has 0 unspecified atom stereocenters. The fourth-order valence-electron chi connectivity index (χ4n) is 4.74. The lowest BCUT2D eigenvalue weighted by Gasteiger charge is -2.05. The summed E-state index contributed by atoms with van der Waals surface area (Å²) in [5.41, 5.74) is 9.90. The Balaban J connectivity index is 0.000000201. The molecule has 0 aliphatic heterocycles. The molecule has 6 rings (SSSR count). The number of pyridine rings is 2. The van der Waals surface area contributed by atoms with Crippen LogP contribution in [0.3, 0.4) is 0 Å². The highest BCUT2D eigenvalue weighted by Crippen LogP contribution is 2.21. The lowest BCUT2D eigenvalue weighted by molar-refractivity contribution is 1.24. The number of aromatic nitrogens is 2. The van der Waals surface area contributed by atoms with E-state index in [9.17, 15) is 0 Å². The van der Waals surface area contributed by atoms with Crippen molar-refractivity contribution in [2.75, 3.05) is 0 Å². The Morgan fingerprint density at radius 1 is 0.327 bits per heavy atom. The van der Waals surface area contributed by atoms with E-state index >= 15 is 0 Å². The van der Waals surface area contributed by atoms with E-state index in [1.165, 1.54) is 0 Å². The zero-order chi connectivity index (χ0) is 37.0. The Morgan fingerprint density at radius 2 is 0.519 bits per heavy atom. The lowest BCUT2D eigenvalue weighted by Crippen LogP contribution is -2.04. The van der Waals surface area contributed by atoms with Crippen LogP contribution in [0.4, 0.5) is 22.7 Å². The molecule has 0 aliphatic rings. The van der Waals surface area contributed by atoms with Crippen LogP contribution >= 0.6 is 46.4 Å². The van der Waals surface area contributed by atoms with Gasteiger partial charge in [0.15, 0.2) is 0 Å². The quantitative estimate of drug-likeness (QED) is 0.145. The van der Waals surface area contributed by atoms with Crippen molar-refractivity contribution in [2.45, 2.75) is 27.7 Å². The minimum absolute atomic E-state index is 0.691. The number of benzene rings is 4. The molecule has 52 heavy (non-hydrogen) atoms. The topological polar surface area (TPSA) is 75.2 Å². The van der Waals surface area contributed by atoms with Gasteiger partial charge in [0.1, 0.15) is 0 Å². The number of hydrogen-bond acceptors (Lipinski definition) is 6. The van der Waals surface area contributed by atoms with Gasteiger partial charge >= 0.3 is 0 Å². The molecule has 6 nitrogen and oxygen atoms in total. The average molecular weight is 765 g/mol. The maximum Gasteiger partial charge on any atom is 0.0849 e. The van der Waals surface area contributed by atoms with E-state index in [1.807, 2.05) is 161 Å². The van der Waals surface area contributed by atoms with Crippen molar-refractivity contribution in [1.29, 1.82) is 0 Å². The number of aliphatic imine (C=N–C) groups is 4. The molecule has 4 aromatic carbocycles. The van der Waals surface area contributed by atoms with Crippen LogP contribution in [0.25, 0.3) is 0 Å². The van der Waals surface area contributed by atoms with Crippen molar-refractivity contribution in [1.82, 2.24) is 9.97 Å². The minimum atomic E-state index is 0.691. The molecule has 2 aromatic heterocycles. The summed E-state index contributed by atoms with van der Waals surface area (Å²) in [6.45, 7) is 7.75. The maximum absolute atomic E-state index is 5.91. The van der Waals surface area contributed by atoms with Crippen LogP contribution < -0.4 is 0 Å². The number of rotatable bonds is 8. The molecular formula is C42H34Cl4N6. The minimum Gasteiger partial charge on any atom is -0.252 e. The van der Waals surface area contributed by atoms with E-state index in [0.29, 0.717) is 20.1 Å². The molecule has 0 amide bonds. The van der Waals surface area contributed by atoms with Crippen LogP contribution in [-0.2, 0) is 0 Å². The van der Waals surface area contributed by atoms with Gasteiger partial charge in [-0.1, -0.05) is 58.5 Å². The predicted octanol–water partition coefficient (Wildman–Crippen LogP) is 13.3. The van der Waals surface area contributed by atoms with E-state index in [2.05, 4.69) is 29.9 Å². The van der Waals surface area contributed by atoms with Gasteiger partial charge in [0, 0.05) is 20.1 Å². The second-order valence-electron chi connectivity index (χ2n) is 11.5.